The third-order valence-corrected chi connectivity index (χ3v) is 3.52. The fourth-order valence-corrected chi connectivity index (χ4v) is 2.10. The predicted molar refractivity (Wildman–Crippen MR) is 81.8 cm³/mol. The van der Waals surface area contributed by atoms with E-state index in [-0.39, 0.29) is 6.61 Å². The summed E-state index contributed by atoms with van der Waals surface area (Å²) in [6, 6.07) is -0.761. The summed E-state index contributed by atoms with van der Waals surface area (Å²) in [5, 5.41) is 34.0. The normalized spacial score (nSPS) is 19.8. The van der Waals surface area contributed by atoms with Crippen molar-refractivity contribution in [2.24, 2.45) is 11.7 Å². The van der Waals surface area contributed by atoms with E-state index < -0.39 is 19.1 Å². The molecule has 0 saturated carbocycles. The van der Waals surface area contributed by atoms with Crippen molar-refractivity contribution in [1.82, 2.24) is 4.90 Å². The number of aliphatic carboxylic acids is 1. The second kappa shape index (κ2) is 11.9. The molecular weight excluding hydrogens is 275 g/mol. The minimum absolute atomic E-state index is 0.224. The summed E-state index contributed by atoms with van der Waals surface area (Å²) in [6.45, 7) is 4.76. The molecule has 0 spiro atoms. The van der Waals surface area contributed by atoms with E-state index in [1.165, 1.54) is 0 Å². The maximum Gasteiger partial charge on any atom is 0.451 e. The van der Waals surface area contributed by atoms with Crippen LogP contribution in [0.1, 0.15) is 32.6 Å². The van der Waals surface area contributed by atoms with Gasteiger partial charge in [0.1, 0.15) is 6.04 Å². The van der Waals surface area contributed by atoms with Gasteiger partial charge in [0.2, 0.25) is 0 Å². The molecule has 1 aliphatic heterocycles. The molecule has 7 nitrogen and oxygen atoms in total. The number of aliphatic hydroxyl groups excluding tert-OH is 1. The lowest BCUT2D eigenvalue weighted by molar-refractivity contribution is -0.138. The van der Waals surface area contributed by atoms with E-state index in [2.05, 4.69) is 4.90 Å². The van der Waals surface area contributed by atoms with E-state index in [4.69, 9.17) is 26.0 Å². The van der Waals surface area contributed by atoms with E-state index >= 15 is 0 Å². The van der Waals surface area contributed by atoms with E-state index in [0.29, 0.717) is 25.2 Å². The van der Waals surface area contributed by atoms with Crippen LogP contribution in [-0.2, 0) is 4.79 Å². The molecule has 0 aromatic carbocycles. The highest BCUT2D eigenvalue weighted by molar-refractivity contribution is 6.40. The summed E-state index contributed by atoms with van der Waals surface area (Å²) in [6.07, 6.45) is 3.91. The molecule has 6 N–H and O–H groups in total. The minimum Gasteiger partial charge on any atom is -0.480 e. The molecule has 2 atom stereocenters. The Morgan fingerprint density at radius 2 is 2.14 bits per heavy atom. The maximum absolute atomic E-state index is 10.4. The summed E-state index contributed by atoms with van der Waals surface area (Å²) < 4.78 is 0. The molecule has 21 heavy (non-hydrogen) atoms. The monoisotopic (exact) mass is 304 g/mol. The van der Waals surface area contributed by atoms with Gasteiger partial charge < -0.3 is 30.9 Å². The number of nitrogens with zero attached hydrogens (tertiary/aromatic N) is 1. The molecule has 1 rings (SSSR count). The Morgan fingerprint density at radius 1 is 1.48 bits per heavy atom. The molecule has 0 aromatic heterocycles. The maximum atomic E-state index is 10.4. The number of nitrogens with two attached hydrogens (primary N) is 1. The first-order chi connectivity index (χ1) is 9.90. The van der Waals surface area contributed by atoms with E-state index in [1.54, 1.807) is 0 Å². The molecule has 0 aromatic rings. The summed E-state index contributed by atoms with van der Waals surface area (Å²) in [5.41, 5.74) is 5.39. The number of hydrogen-bond donors (Lipinski definition) is 5. The van der Waals surface area contributed by atoms with Gasteiger partial charge in [-0.05, 0) is 31.6 Å². The van der Waals surface area contributed by atoms with Crippen LogP contribution in [0, 0.1) is 5.92 Å². The van der Waals surface area contributed by atoms with Crippen LogP contribution in [-0.4, -0.2) is 70.5 Å². The zero-order valence-corrected chi connectivity index (χ0v) is 12.8. The Kier molecular flexibility index (Phi) is 11.6. The van der Waals surface area contributed by atoms with Gasteiger partial charge in [0.05, 0.1) is 0 Å². The van der Waals surface area contributed by atoms with Gasteiger partial charge >= 0.3 is 13.1 Å². The Bertz CT molecular complexity index is 281. The van der Waals surface area contributed by atoms with Crippen molar-refractivity contribution in [3.63, 3.8) is 0 Å². The van der Waals surface area contributed by atoms with E-state index in [0.717, 1.165) is 32.4 Å². The van der Waals surface area contributed by atoms with Crippen LogP contribution in [0.3, 0.4) is 0 Å². The van der Waals surface area contributed by atoms with Gasteiger partial charge in [0.15, 0.2) is 0 Å². The van der Waals surface area contributed by atoms with Crippen molar-refractivity contribution in [3.8, 4) is 0 Å². The van der Waals surface area contributed by atoms with Crippen molar-refractivity contribution >= 4 is 13.1 Å². The third-order valence-electron chi connectivity index (χ3n) is 3.52. The second-order valence-electron chi connectivity index (χ2n) is 5.49. The lowest BCUT2D eigenvalue weighted by Gasteiger charge is -2.16. The molecule has 0 aliphatic carbocycles. The molecule has 1 unspecified atom stereocenters. The van der Waals surface area contributed by atoms with Crippen LogP contribution in [0.4, 0.5) is 0 Å². The molecule has 1 fully saturated rings. The summed E-state index contributed by atoms with van der Waals surface area (Å²) >= 11 is 0. The van der Waals surface area contributed by atoms with Gasteiger partial charge in [-0.3, -0.25) is 4.79 Å². The van der Waals surface area contributed by atoms with Crippen molar-refractivity contribution in [3.05, 3.63) is 0 Å². The first kappa shape index (κ1) is 20.3. The molecule has 1 saturated heterocycles. The first-order valence-electron chi connectivity index (χ1n) is 7.58. The van der Waals surface area contributed by atoms with Gasteiger partial charge in [-0.2, -0.15) is 0 Å². The number of unbranched alkanes of at least 4 members (excludes halogenated alkanes) is 1. The fraction of sp³-hybridized carbons (Fsp3) is 0.923. The number of carboxylic acid groups (broad SMARTS) is 1. The smallest absolute Gasteiger partial charge is 0.451 e. The quantitative estimate of drug-likeness (QED) is 0.377. The largest absolute Gasteiger partial charge is 0.480 e. The highest BCUT2D eigenvalue weighted by Gasteiger charge is 2.22. The lowest BCUT2D eigenvalue weighted by atomic mass is 9.84. The number of hydrogen-bond acceptors (Lipinski definition) is 6. The Hall–Kier alpha value is -0.665. The molecule has 1 aliphatic rings. The van der Waals surface area contributed by atoms with Crippen molar-refractivity contribution in [2.75, 3.05) is 26.2 Å². The Balaban J connectivity index is 0.000000486. The Morgan fingerprint density at radius 3 is 2.52 bits per heavy atom. The number of aliphatic hydroxyl groups is 1. The van der Waals surface area contributed by atoms with Crippen LogP contribution in [0.5, 0.6) is 0 Å². The molecule has 124 valence electrons. The molecule has 0 amide bonds. The molecule has 0 bridgehead atoms. The third kappa shape index (κ3) is 10.7. The van der Waals surface area contributed by atoms with Crippen LogP contribution in [0.2, 0.25) is 6.32 Å². The standard InChI is InChI=1S/C9H18N2O3.C4H11BO2/c10-8(9(13)14)2-4-11-3-1-7(5-11)6-12;1-2-3-4-5(6)7/h7-8,12H,1-6,10H2,(H,13,14);6-7H,2-4H2,1H3/t7?,8-;/m1./s1. The molecule has 1 heterocycles. The van der Waals surface area contributed by atoms with Crippen LogP contribution in [0.25, 0.3) is 0 Å². The zero-order valence-electron chi connectivity index (χ0n) is 12.8. The number of carbonyl (C=O) groups is 1. The van der Waals surface area contributed by atoms with Crippen molar-refractivity contribution in [2.45, 2.75) is 45.0 Å². The fourth-order valence-electron chi connectivity index (χ4n) is 2.10. The second-order valence-corrected chi connectivity index (χ2v) is 5.49. The molecular formula is C13H29BN2O5. The molecule has 8 heteroatoms. The molecule has 0 radical (unpaired) electrons. The van der Waals surface area contributed by atoms with Gasteiger partial charge in [-0.15, -0.1) is 0 Å². The first-order valence-corrected chi connectivity index (χ1v) is 7.58. The average Bonchev–Trinajstić information content (AvgIpc) is 2.91. The highest BCUT2D eigenvalue weighted by atomic mass is 16.4. The van der Waals surface area contributed by atoms with Crippen molar-refractivity contribution in [1.29, 1.82) is 0 Å². The van der Waals surface area contributed by atoms with Gasteiger partial charge in [-0.25, -0.2) is 0 Å². The SMILES string of the molecule is CCCCB(O)O.N[C@H](CCN1CCC(CO)C1)C(=O)O. The van der Waals surface area contributed by atoms with Crippen molar-refractivity contribution < 1.29 is 25.1 Å². The zero-order chi connectivity index (χ0) is 16.3. The minimum atomic E-state index is -1.10. The summed E-state index contributed by atoms with van der Waals surface area (Å²) in [4.78, 5) is 12.6. The van der Waals surface area contributed by atoms with Crippen LogP contribution < -0.4 is 5.73 Å². The summed E-state index contributed by atoms with van der Waals surface area (Å²) in [7, 11) is -1.10. The topological polar surface area (TPSA) is 127 Å². The summed E-state index contributed by atoms with van der Waals surface area (Å²) in [5.74, 6) is -0.584. The number of likely N-dealkylation sites (tertiary alicyclic amines) is 1. The number of carboxylic acids is 1. The highest BCUT2D eigenvalue weighted by Crippen LogP contribution is 2.15. The number of rotatable bonds is 8. The van der Waals surface area contributed by atoms with Crippen LogP contribution >= 0.6 is 0 Å². The van der Waals surface area contributed by atoms with E-state index in [1.807, 2.05) is 6.92 Å². The predicted octanol–water partition coefficient (Wildman–Crippen LogP) is -0.638. The average molecular weight is 304 g/mol. The lowest BCUT2D eigenvalue weighted by Crippen LogP contribution is -2.35. The van der Waals surface area contributed by atoms with Gasteiger partial charge in [0, 0.05) is 19.7 Å². The van der Waals surface area contributed by atoms with Gasteiger partial charge in [0.25, 0.3) is 0 Å². The van der Waals surface area contributed by atoms with Gasteiger partial charge in [-0.1, -0.05) is 19.8 Å². The Labute approximate surface area is 126 Å². The van der Waals surface area contributed by atoms with E-state index in [9.17, 15) is 4.79 Å². The van der Waals surface area contributed by atoms with Crippen LogP contribution in [0.15, 0.2) is 0 Å².